The average molecular weight is 272 g/mol. The van der Waals surface area contributed by atoms with Gasteiger partial charge in [-0.1, -0.05) is 13.8 Å². The van der Waals surface area contributed by atoms with Crippen LogP contribution >= 0.6 is 15.9 Å². The molecule has 4 heteroatoms. The van der Waals surface area contributed by atoms with Crippen LogP contribution in [0.1, 0.15) is 33.6 Å². The van der Waals surface area contributed by atoms with E-state index in [-0.39, 0.29) is 0 Å². The Morgan fingerprint density at radius 3 is 2.60 bits per heavy atom. The Morgan fingerprint density at radius 1 is 1.27 bits per heavy atom. The largest absolute Gasteiger partial charge is 0.367 e. The van der Waals surface area contributed by atoms with Gasteiger partial charge in [0.05, 0.1) is 0 Å². The monoisotopic (exact) mass is 271 g/mol. The summed E-state index contributed by atoms with van der Waals surface area (Å²) >= 11 is 3.32. The molecule has 1 aromatic heterocycles. The molecule has 0 spiro atoms. The maximum Gasteiger partial charge on any atom is 0.130 e. The van der Waals surface area contributed by atoms with Crippen molar-refractivity contribution in [2.45, 2.75) is 39.7 Å². The van der Waals surface area contributed by atoms with Gasteiger partial charge >= 0.3 is 0 Å². The second-order valence-electron chi connectivity index (χ2n) is 4.24. The van der Waals surface area contributed by atoms with E-state index in [1.807, 2.05) is 6.07 Å². The minimum absolute atomic E-state index is 0.453. The van der Waals surface area contributed by atoms with Crippen LogP contribution in [0.5, 0.6) is 0 Å². The van der Waals surface area contributed by atoms with Gasteiger partial charge in [-0.05, 0) is 41.6 Å². The van der Waals surface area contributed by atoms with E-state index in [0.717, 1.165) is 16.3 Å². The molecular formula is C11H18BrN3. The Hall–Kier alpha value is -0.640. The molecule has 1 aromatic rings. The molecule has 0 amide bonds. The highest BCUT2D eigenvalue weighted by Gasteiger charge is 2.04. The number of aromatic nitrogens is 2. The molecule has 0 fully saturated rings. The molecule has 0 saturated carbocycles. The summed E-state index contributed by atoms with van der Waals surface area (Å²) in [6, 6.07) is 2.35. The number of nitrogens with zero attached hydrogens (tertiary/aromatic N) is 2. The molecule has 0 aliphatic rings. The Labute approximate surface area is 99.8 Å². The highest BCUT2D eigenvalue weighted by Crippen LogP contribution is 2.13. The first kappa shape index (κ1) is 12.4. The molecule has 0 aliphatic heterocycles. The Kier molecular flexibility index (Phi) is 5.02. The van der Waals surface area contributed by atoms with Crippen molar-refractivity contribution in [3.8, 4) is 0 Å². The molecule has 15 heavy (non-hydrogen) atoms. The second-order valence-corrected chi connectivity index (χ2v) is 5.06. The summed E-state index contributed by atoms with van der Waals surface area (Å²) in [6.07, 6.45) is 3.96. The molecule has 0 aliphatic carbocycles. The van der Waals surface area contributed by atoms with E-state index in [4.69, 9.17) is 0 Å². The van der Waals surface area contributed by atoms with Gasteiger partial charge in [0.15, 0.2) is 0 Å². The number of halogens is 1. The number of rotatable bonds is 5. The first-order chi connectivity index (χ1) is 7.08. The number of anilines is 1. The minimum atomic E-state index is 0.453. The standard InChI is InChI=1S/C11H18BrN3/c1-8(2)4-5-9(3)15-11-6-10(12)13-7-14-11/h6-9H,4-5H2,1-3H3,(H,13,14,15). The quantitative estimate of drug-likeness (QED) is 0.834. The Balaban J connectivity index is 2.40. The minimum Gasteiger partial charge on any atom is -0.367 e. The fourth-order valence-electron chi connectivity index (χ4n) is 1.32. The summed E-state index contributed by atoms with van der Waals surface area (Å²) in [5.41, 5.74) is 0. The van der Waals surface area contributed by atoms with Crippen molar-refractivity contribution in [1.29, 1.82) is 0 Å². The lowest BCUT2D eigenvalue weighted by atomic mass is 10.0. The zero-order chi connectivity index (χ0) is 11.3. The van der Waals surface area contributed by atoms with E-state index in [1.165, 1.54) is 12.8 Å². The van der Waals surface area contributed by atoms with E-state index in [9.17, 15) is 0 Å². The van der Waals surface area contributed by atoms with Crippen molar-refractivity contribution < 1.29 is 0 Å². The maximum atomic E-state index is 4.15. The van der Waals surface area contributed by atoms with E-state index in [0.29, 0.717) is 6.04 Å². The lowest BCUT2D eigenvalue weighted by Crippen LogP contribution is -2.16. The molecule has 0 saturated heterocycles. The third-order valence-electron chi connectivity index (χ3n) is 2.21. The first-order valence-corrected chi connectivity index (χ1v) is 6.11. The lowest BCUT2D eigenvalue weighted by molar-refractivity contribution is 0.527. The zero-order valence-corrected chi connectivity index (χ0v) is 11.1. The van der Waals surface area contributed by atoms with Crippen LogP contribution < -0.4 is 5.32 Å². The van der Waals surface area contributed by atoms with Crippen LogP contribution in [-0.2, 0) is 0 Å². The first-order valence-electron chi connectivity index (χ1n) is 5.32. The highest BCUT2D eigenvalue weighted by atomic mass is 79.9. The summed E-state index contributed by atoms with van der Waals surface area (Å²) in [5, 5.41) is 3.36. The van der Waals surface area contributed by atoms with Crippen LogP contribution in [0.3, 0.4) is 0 Å². The number of hydrogen-bond acceptors (Lipinski definition) is 3. The van der Waals surface area contributed by atoms with Crippen molar-refractivity contribution >= 4 is 21.7 Å². The van der Waals surface area contributed by atoms with Gasteiger partial charge in [0.25, 0.3) is 0 Å². The van der Waals surface area contributed by atoms with Crippen molar-refractivity contribution in [3.63, 3.8) is 0 Å². The average Bonchev–Trinajstić information content (AvgIpc) is 2.15. The Bertz CT molecular complexity index is 302. The molecule has 84 valence electrons. The van der Waals surface area contributed by atoms with Gasteiger partial charge in [0.1, 0.15) is 16.7 Å². The fraction of sp³-hybridized carbons (Fsp3) is 0.636. The zero-order valence-electron chi connectivity index (χ0n) is 9.50. The van der Waals surface area contributed by atoms with Gasteiger partial charge < -0.3 is 5.32 Å². The number of nitrogens with one attached hydrogen (secondary N) is 1. The maximum absolute atomic E-state index is 4.15. The number of hydrogen-bond donors (Lipinski definition) is 1. The highest BCUT2D eigenvalue weighted by molar-refractivity contribution is 9.10. The molecule has 1 atom stereocenters. The molecule has 1 heterocycles. The van der Waals surface area contributed by atoms with Gasteiger partial charge in [0, 0.05) is 12.1 Å². The SMILES string of the molecule is CC(C)CCC(C)Nc1cc(Br)ncn1. The van der Waals surface area contributed by atoms with Crippen LogP contribution in [0.2, 0.25) is 0 Å². The summed E-state index contributed by atoms with van der Waals surface area (Å²) in [4.78, 5) is 8.14. The van der Waals surface area contributed by atoms with Crippen molar-refractivity contribution in [2.24, 2.45) is 5.92 Å². The van der Waals surface area contributed by atoms with Crippen molar-refractivity contribution in [1.82, 2.24) is 9.97 Å². The summed E-state index contributed by atoms with van der Waals surface area (Å²) in [7, 11) is 0. The van der Waals surface area contributed by atoms with E-state index >= 15 is 0 Å². The third kappa shape index (κ3) is 5.11. The topological polar surface area (TPSA) is 37.8 Å². The van der Waals surface area contributed by atoms with E-state index in [2.05, 4.69) is 52.0 Å². The summed E-state index contributed by atoms with van der Waals surface area (Å²) < 4.78 is 0.816. The predicted octanol–water partition coefficient (Wildman–Crippen LogP) is 3.48. The van der Waals surface area contributed by atoms with Crippen molar-refractivity contribution in [2.75, 3.05) is 5.32 Å². The normalized spacial score (nSPS) is 12.9. The summed E-state index contributed by atoms with van der Waals surface area (Å²) in [5.74, 6) is 1.64. The summed E-state index contributed by atoms with van der Waals surface area (Å²) in [6.45, 7) is 6.67. The van der Waals surface area contributed by atoms with Gasteiger partial charge in [-0.15, -0.1) is 0 Å². The molecule has 0 radical (unpaired) electrons. The van der Waals surface area contributed by atoms with Gasteiger partial charge in [-0.2, -0.15) is 0 Å². The smallest absolute Gasteiger partial charge is 0.130 e. The molecule has 0 bridgehead atoms. The van der Waals surface area contributed by atoms with Gasteiger partial charge in [-0.3, -0.25) is 0 Å². The fourth-order valence-corrected chi connectivity index (χ4v) is 1.63. The van der Waals surface area contributed by atoms with Crippen molar-refractivity contribution in [3.05, 3.63) is 17.0 Å². The molecule has 1 rings (SSSR count). The predicted molar refractivity (Wildman–Crippen MR) is 66.9 cm³/mol. The van der Waals surface area contributed by atoms with Gasteiger partial charge in [0.2, 0.25) is 0 Å². The van der Waals surface area contributed by atoms with Gasteiger partial charge in [-0.25, -0.2) is 9.97 Å². The lowest BCUT2D eigenvalue weighted by Gasteiger charge is -2.15. The third-order valence-corrected chi connectivity index (χ3v) is 2.64. The van der Waals surface area contributed by atoms with Crippen LogP contribution in [0.25, 0.3) is 0 Å². The van der Waals surface area contributed by atoms with E-state index in [1.54, 1.807) is 6.33 Å². The molecule has 0 aromatic carbocycles. The molecule has 1 N–H and O–H groups in total. The van der Waals surface area contributed by atoms with Crippen LogP contribution in [0.15, 0.2) is 17.0 Å². The second kappa shape index (κ2) is 6.05. The molecular weight excluding hydrogens is 254 g/mol. The molecule has 1 unspecified atom stereocenters. The van der Waals surface area contributed by atoms with Crippen LogP contribution in [0, 0.1) is 5.92 Å². The Morgan fingerprint density at radius 2 is 2.00 bits per heavy atom. The van der Waals surface area contributed by atoms with Crippen LogP contribution in [0.4, 0.5) is 5.82 Å². The van der Waals surface area contributed by atoms with E-state index < -0.39 is 0 Å². The molecule has 3 nitrogen and oxygen atoms in total. The van der Waals surface area contributed by atoms with Crippen LogP contribution in [-0.4, -0.2) is 16.0 Å².